The molecule has 0 aliphatic heterocycles. The van der Waals surface area contributed by atoms with Crippen LogP contribution in [0.15, 0.2) is 36.5 Å². The van der Waals surface area contributed by atoms with E-state index in [2.05, 4.69) is 10.3 Å². The van der Waals surface area contributed by atoms with Crippen molar-refractivity contribution in [2.24, 2.45) is 0 Å². The van der Waals surface area contributed by atoms with Gasteiger partial charge in [0, 0.05) is 11.2 Å². The lowest BCUT2D eigenvalue weighted by molar-refractivity contribution is 0.0698. The third kappa shape index (κ3) is 2.86. The molecule has 1 aromatic carbocycles. The summed E-state index contributed by atoms with van der Waals surface area (Å²) in [6, 6.07) is 6.76. The Hall–Kier alpha value is -2.60. The van der Waals surface area contributed by atoms with Crippen molar-refractivity contribution in [2.75, 3.05) is 5.32 Å². The maximum Gasteiger partial charge on any atom is 0.337 e. The van der Waals surface area contributed by atoms with Crippen molar-refractivity contribution in [1.82, 2.24) is 4.98 Å². The van der Waals surface area contributed by atoms with Gasteiger partial charge in [0.2, 0.25) is 0 Å². The van der Waals surface area contributed by atoms with Gasteiger partial charge in [0.1, 0.15) is 5.75 Å². The number of aromatic hydroxyl groups is 1. The number of aromatic nitrogens is 1. The van der Waals surface area contributed by atoms with Gasteiger partial charge in [0.25, 0.3) is 5.91 Å². The number of carboxylic acid groups (broad SMARTS) is 1. The van der Waals surface area contributed by atoms with E-state index in [0.717, 1.165) is 0 Å². The number of benzene rings is 1. The highest BCUT2D eigenvalue weighted by atomic mass is 35.5. The standard InChI is InChI=1S/C13H9ClN2O4/c14-7-3-4-8(13(19)20)9(6-7)16-12(18)11-10(17)2-1-5-15-11/h1-6,17H,(H,16,18)(H,19,20). The van der Waals surface area contributed by atoms with Gasteiger partial charge in [-0.25, -0.2) is 9.78 Å². The summed E-state index contributed by atoms with van der Waals surface area (Å²) in [5.74, 6) is -2.24. The fraction of sp³-hybridized carbons (Fsp3) is 0. The Morgan fingerprint density at radius 1 is 1.25 bits per heavy atom. The second-order valence-electron chi connectivity index (χ2n) is 3.82. The summed E-state index contributed by atoms with van der Waals surface area (Å²) in [7, 11) is 0. The van der Waals surface area contributed by atoms with E-state index in [1.54, 1.807) is 0 Å². The number of nitrogens with zero attached hydrogens (tertiary/aromatic N) is 1. The number of rotatable bonds is 3. The topological polar surface area (TPSA) is 99.5 Å². The zero-order valence-electron chi connectivity index (χ0n) is 10.0. The molecule has 0 aliphatic carbocycles. The molecule has 0 spiro atoms. The first kappa shape index (κ1) is 13.8. The van der Waals surface area contributed by atoms with Gasteiger partial charge in [0.05, 0.1) is 11.3 Å². The van der Waals surface area contributed by atoms with Crippen LogP contribution in [0.5, 0.6) is 5.75 Å². The monoisotopic (exact) mass is 292 g/mol. The first-order chi connectivity index (χ1) is 9.49. The number of carbonyl (C=O) groups excluding carboxylic acids is 1. The summed E-state index contributed by atoms with van der Waals surface area (Å²) >= 11 is 5.77. The molecule has 1 amide bonds. The minimum Gasteiger partial charge on any atom is -0.505 e. The molecule has 0 fully saturated rings. The largest absolute Gasteiger partial charge is 0.505 e. The van der Waals surface area contributed by atoms with Crippen molar-refractivity contribution >= 4 is 29.2 Å². The van der Waals surface area contributed by atoms with Crippen LogP contribution in [0.2, 0.25) is 5.02 Å². The van der Waals surface area contributed by atoms with E-state index in [0.29, 0.717) is 0 Å². The van der Waals surface area contributed by atoms with E-state index in [1.807, 2.05) is 0 Å². The van der Waals surface area contributed by atoms with Crippen LogP contribution >= 0.6 is 11.6 Å². The zero-order chi connectivity index (χ0) is 14.7. The average molecular weight is 293 g/mol. The third-order valence-electron chi connectivity index (χ3n) is 2.46. The number of carbonyl (C=O) groups is 2. The summed E-state index contributed by atoms with van der Waals surface area (Å²) in [5.41, 5.74) is -0.290. The van der Waals surface area contributed by atoms with E-state index in [-0.39, 0.29) is 27.7 Å². The lowest BCUT2D eigenvalue weighted by Crippen LogP contribution is -2.16. The highest BCUT2D eigenvalue weighted by molar-refractivity contribution is 6.31. The van der Waals surface area contributed by atoms with Crippen LogP contribution in [-0.4, -0.2) is 27.1 Å². The lowest BCUT2D eigenvalue weighted by Gasteiger charge is -2.09. The highest BCUT2D eigenvalue weighted by Gasteiger charge is 2.17. The number of pyridine rings is 1. The second kappa shape index (κ2) is 5.58. The van der Waals surface area contributed by atoms with E-state index in [4.69, 9.17) is 16.7 Å². The summed E-state index contributed by atoms with van der Waals surface area (Å²) in [4.78, 5) is 26.7. The van der Waals surface area contributed by atoms with Gasteiger partial charge in [0.15, 0.2) is 5.69 Å². The number of aromatic carboxylic acids is 1. The van der Waals surface area contributed by atoms with Crippen LogP contribution in [0, 0.1) is 0 Å². The van der Waals surface area contributed by atoms with Crippen molar-refractivity contribution in [3.63, 3.8) is 0 Å². The predicted octanol–water partition coefficient (Wildman–Crippen LogP) is 2.39. The molecule has 7 heteroatoms. The van der Waals surface area contributed by atoms with Gasteiger partial charge in [-0.2, -0.15) is 0 Å². The molecule has 1 aromatic heterocycles. The number of amides is 1. The second-order valence-corrected chi connectivity index (χ2v) is 4.26. The summed E-state index contributed by atoms with van der Waals surface area (Å²) in [6.45, 7) is 0. The van der Waals surface area contributed by atoms with E-state index in [1.165, 1.54) is 36.5 Å². The SMILES string of the molecule is O=C(O)c1ccc(Cl)cc1NC(=O)c1ncccc1O. The van der Waals surface area contributed by atoms with Gasteiger partial charge >= 0.3 is 5.97 Å². The molecule has 0 unspecified atom stereocenters. The Labute approximate surface area is 118 Å². The van der Waals surface area contributed by atoms with Gasteiger partial charge in [-0.3, -0.25) is 4.79 Å². The number of anilines is 1. The van der Waals surface area contributed by atoms with Crippen molar-refractivity contribution in [3.05, 3.63) is 52.8 Å². The molecule has 0 saturated heterocycles. The molecule has 0 bridgehead atoms. The molecule has 0 aliphatic rings. The number of carboxylic acids is 1. The minimum atomic E-state index is -1.21. The number of halogens is 1. The third-order valence-corrected chi connectivity index (χ3v) is 2.70. The summed E-state index contributed by atoms with van der Waals surface area (Å²) in [6.07, 6.45) is 1.34. The van der Waals surface area contributed by atoms with Crippen LogP contribution in [0.25, 0.3) is 0 Å². The molecule has 1 heterocycles. The Morgan fingerprint density at radius 2 is 2.00 bits per heavy atom. The Morgan fingerprint density at radius 3 is 2.65 bits per heavy atom. The average Bonchev–Trinajstić information content (AvgIpc) is 2.38. The molecule has 2 rings (SSSR count). The summed E-state index contributed by atoms with van der Waals surface area (Å²) in [5, 5.41) is 21.2. The van der Waals surface area contributed by atoms with Crippen molar-refractivity contribution < 1.29 is 19.8 Å². The van der Waals surface area contributed by atoms with Crippen LogP contribution in [0.3, 0.4) is 0 Å². The van der Waals surface area contributed by atoms with Crippen molar-refractivity contribution in [2.45, 2.75) is 0 Å². The fourth-order valence-electron chi connectivity index (χ4n) is 1.56. The van der Waals surface area contributed by atoms with Crippen LogP contribution in [0.4, 0.5) is 5.69 Å². The molecule has 20 heavy (non-hydrogen) atoms. The van der Waals surface area contributed by atoms with E-state index < -0.39 is 11.9 Å². The van der Waals surface area contributed by atoms with E-state index in [9.17, 15) is 14.7 Å². The number of nitrogens with one attached hydrogen (secondary N) is 1. The molecule has 6 nitrogen and oxygen atoms in total. The Balaban J connectivity index is 2.35. The first-order valence-corrected chi connectivity index (χ1v) is 5.85. The van der Waals surface area contributed by atoms with E-state index >= 15 is 0 Å². The maximum atomic E-state index is 12.0. The van der Waals surface area contributed by atoms with Gasteiger partial charge < -0.3 is 15.5 Å². The normalized spacial score (nSPS) is 10.1. The van der Waals surface area contributed by atoms with Gasteiger partial charge in [-0.15, -0.1) is 0 Å². The minimum absolute atomic E-state index is 0.0278. The predicted molar refractivity (Wildman–Crippen MR) is 72.3 cm³/mol. The molecular formula is C13H9ClN2O4. The highest BCUT2D eigenvalue weighted by Crippen LogP contribution is 2.23. The maximum absolute atomic E-state index is 12.0. The number of hydrogen-bond acceptors (Lipinski definition) is 4. The molecule has 2 aromatic rings. The van der Waals surface area contributed by atoms with Crippen LogP contribution < -0.4 is 5.32 Å². The van der Waals surface area contributed by atoms with Gasteiger partial charge in [-0.1, -0.05) is 11.6 Å². The zero-order valence-corrected chi connectivity index (χ0v) is 10.8. The quantitative estimate of drug-likeness (QED) is 0.806. The molecule has 102 valence electrons. The Bertz CT molecular complexity index is 688. The van der Waals surface area contributed by atoms with Gasteiger partial charge in [-0.05, 0) is 30.3 Å². The van der Waals surface area contributed by atoms with Crippen molar-refractivity contribution in [1.29, 1.82) is 0 Å². The van der Waals surface area contributed by atoms with Crippen LogP contribution in [-0.2, 0) is 0 Å². The fourth-order valence-corrected chi connectivity index (χ4v) is 1.73. The molecule has 0 radical (unpaired) electrons. The van der Waals surface area contributed by atoms with Crippen molar-refractivity contribution in [3.8, 4) is 5.75 Å². The summed E-state index contributed by atoms with van der Waals surface area (Å²) < 4.78 is 0. The number of hydrogen-bond donors (Lipinski definition) is 3. The molecule has 3 N–H and O–H groups in total. The first-order valence-electron chi connectivity index (χ1n) is 5.47. The molecule has 0 atom stereocenters. The molecular weight excluding hydrogens is 284 g/mol. The smallest absolute Gasteiger partial charge is 0.337 e. The molecule has 0 saturated carbocycles. The Kier molecular flexibility index (Phi) is 3.86. The van der Waals surface area contributed by atoms with Crippen LogP contribution in [0.1, 0.15) is 20.8 Å². The lowest BCUT2D eigenvalue weighted by atomic mass is 10.1.